The maximum atomic E-state index is 11.7. The molecule has 0 saturated heterocycles. The van der Waals surface area contributed by atoms with E-state index in [1.807, 2.05) is 0 Å². The molecule has 5 aliphatic carbocycles. The number of allylic oxidation sites excluding steroid dienone is 3. The number of halogens is 2. The highest BCUT2D eigenvalue weighted by Gasteiger charge is 2.71. The fraction of sp³-hybridized carbons (Fsp3) is 0.872. The summed E-state index contributed by atoms with van der Waals surface area (Å²) in [6.07, 6.45) is 15.4. The van der Waals surface area contributed by atoms with E-state index >= 15 is 0 Å². The van der Waals surface area contributed by atoms with E-state index < -0.39 is 5.97 Å². The van der Waals surface area contributed by atoms with Crippen molar-refractivity contribution in [2.45, 2.75) is 131 Å². The number of aliphatic carboxylic acids is 1. The highest BCUT2D eigenvalue weighted by atomic mass is 35.5. The Morgan fingerprint density at radius 1 is 0.932 bits per heavy atom. The smallest absolute Gasteiger partial charge is 0.323 e. The molecule has 0 aromatic rings. The highest BCUT2D eigenvalue weighted by Crippen LogP contribution is 2.78. The lowest BCUT2D eigenvalue weighted by Gasteiger charge is -2.73. The van der Waals surface area contributed by atoms with Crippen molar-refractivity contribution in [3.63, 3.8) is 0 Å². The van der Waals surface area contributed by atoms with Gasteiger partial charge in [0.05, 0.1) is 4.87 Å². The highest BCUT2D eigenvalue weighted by molar-refractivity contribution is 6.30. The summed E-state index contributed by atoms with van der Waals surface area (Å²) in [5.41, 5.74) is 5.60. The van der Waals surface area contributed by atoms with E-state index in [9.17, 15) is 9.90 Å². The molecule has 248 valence electrons. The van der Waals surface area contributed by atoms with E-state index in [0.717, 1.165) is 11.8 Å². The average molecular weight is 647 g/mol. The van der Waals surface area contributed by atoms with E-state index in [4.69, 9.17) is 23.2 Å². The average Bonchev–Trinajstić information content (AvgIpc) is 3.30. The van der Waals surface area contributed by atoms with Crippen molar-refractivity contribution in [1.82, 2.24) is 4.90 Å². The molecule has 0 amide bonds. The fourth-order valence-corrected chi connectivity index (χ4v) is 14.5. The number of carboxylic acid groups (broad SMARTS) is 1. The predicted molar refractivity (Wildman–Crippen MR) is 184 cm³/mol. The molecular formula is C39H61Cl2NO2. The van der Waals surface area contributed by atoms with Gasteiger partial charge in [-0.2, -0.15) is 0 Å². The third-order valence-electron chi connectivity index (χ3n) is 16.5. The molecular weight excluding hydrogens is 585 g/mol. The lowest BCUT2D eigenvalue weighted by molar-refractivity contribution is -0.241. The molecule has 1 N–H and O–H groups in total. The summed E-state index contributed by atoms with van der Waals surface area (Å²) < 4.78 is 0. The van der Waals surface area contributed by atoms with Crippen molar-refractivity contribution in [1.29, 1.82) is 0 Å². The van der Waals surface area contributed by atoms with Gasteiger partial charge in [0.1, 0.15) is 6.54 Å². The van der Waals surface area contributed by atoms with Crippen molar-refractivity contribution < 1.29 is 9.90 Å². The van der Waals surface area contributed by atoms with E-state index in [1.54, 1.807) is 0 Å². The molecule has 11 atom stereocenters. The van der Waals surface area contributed by atoms with Crippen LogP contribution in [-0.2, 0) is 4.79 Å². The van der Waals surface area contributed by atoms with Crippen molar-refractivity contribution in [2.75, 3.05) is 19.0 Å². The molecule has 1 aliphatic heterocycles. The van der Waals surface area contributed by atoms with Gasteiger partial charge < -0.3 is 10.0 Å². The molecule has 0 aromatic heterocycles. The maximum Gasteiger partial charge on any atom is 0.323 e. The van der Waals surface area contributed by atoms with Gasteiger partial charge in [0, 0.05) is 18.1 Å². The van der Waals surface area contributed by atoms with Crippen LogP contribution in [0, 0.1) is 62.6 Å². The molecule has 0 aromatic carbocycles. The van der Waals surface area contributed by atoms with Gasteiger partial charge in [-0.15, -0.1) is 23.2 Å². The number of alkyl halides is 2. The molecule has 2 unspecified atom stereocenters. The summed E-state index contributed by atoms with van der Waals surface area (Å²) in [6, 6.07) is 0. The van der Waals surface area contributed by atoms with Gasteiger partial charge in [0.15, 0.2) is 0 Å². The van der Waals surface area contributed by atoms with E-state index in [0.29, 0.717) is 57.8 Å². The summed E-state index contributed by atoms with van der Waals surface area (Å²) in [5, 5.41) is 9.61. The Kier molecular flexibility index (Phi) is 8.06. The predicted octanol–water partition coefficient (Wildman–Crippen LogP) is 10.6. The normalized spacial score (nSPS) is 48.0. The minimum absolute atomic E-state index is 0.0856. The Balaban J connectivity index is 1.33. The monoisotopic (exact) mass is 645 g/mol. The Labute approximate surface area is 279 Å². The minimum atomic E-state index is -0.743. The Morgan fingerprint density at radius 2 is 1.64 bits per heavy atom. The van der Waals surface area contributed by atoms with Gasteiger partial charge in [-0.1, -0.05) is 47.6 Å². The van der Waals surface area contributed by atoms with Gasteiger partial charge in [-0.25, -0.2) is 0 Å². The molecule has 3 nitrogen and oxygen atoms in total. The topological polar surface area (TPSA) is 40.5 Å². The maximum absolute atomic E-state index is 11.7. The second-order valence-electron chi connectivity index (χ2n) is 18.5. The van der Waals surface area contributed by atoms with Crippen LogP contribution in [0.4, 0.5) is 0 Å². The third-order valence-corrected chi connectivity index (χ3v) is 17.6. The van der Waals surface area contributed by atoms with Crippen LogP contribution in [0.15, 0.2) is 22.9 Å². The van der Waals surface area contributed by atoms with Crippen molar-refractivity contribution in [3.8, 4) is 0 Å². The van der Waals surface area contributed by atoms with Gasteiger partial charge in [0.2, 0.25) is 0 Å². The van der Waals surface area contributed by atoms with E-state index in [-0.39, 0.29) is 16.8 Å². The summed E-state index contributed by atoms with van der Waals surface area (Å²) >= 11 is 13.8. The first-order chi connectivity index (χ1) is 20.4. The largest absolute Gasteiger partial charge is 0.480 e. The first kappa shape index (κ1) is 33.2. The Bertz CT molecular complexity index is 1250. The fourth-order valence-electron chi connectivity index (χ4n) is 14.1. The SMILES string of the molecule is CC1=CCN(CC(=O)O)C(C)=C1C1CC[C@]2(C)[C@H]3CC[C@@H]4[C@H]5[C@H](C(C)(Cl)CCl)CC[C@]5(C)CC[C@@]4(C)[C@]3(C)CC[C@H]2C1(C)C. The number of nitrogens with zero attached hydrogens (tertiary/aromatic N) is 1. The van der Waals surface area contributed by atoms with Crippen LogP contribution < -0.4 is 0 Å². The quantitative estimate of drug-likeness (QED) is 0.302. The zero-order valence-electron chi connectivity index (χ0n) is 29.3. The summed E-state index contributed by atoms with van der Waals surface area (Å²) in [6.45, 7) is 23.4. The number of hydrogen-bond acceptors (Lipinski definition) is 2. The summed E-state index contributed by atoms with van der Waals surface area (Å²) in [7, 11) is 0. The Hall–Kier alpha value is -0.670. The van der Waals surface area contributed by atoms with Crippen LogP contribution in [0.25, 0.3) is 0 Å². The molecule has 0 radical (unpaired) electrons. The van der Waals surface area contributed by atoms with Crippen molar-refractivity contribution in [3.05, 3.63) is 22.9 Å². The number of carboxylic acids is 1. The van der Waals surface area contributed by atoms with Crippen LogP contribution in [0.3, 0.4) is 0 Å². The van der Waals surface area contributed by atoms with E-state index in [2.05, 4.69) is 73.3 Å². The zero-order chi connectivity index (χ0) is 32.3. The van der Waals surface area contributed by atoms with Crippen LogP contribution in [0.2, 0.25) is 0 Å². The van der Waals surface area contributed by atoms with Crippen molar-refractivity contribution in [2.24, 2.45) is 62.6 Å². The second-order valence-corrected chi connectivity index (χ2v) is 19.6. The first-order valence-corrected chi connectivity index (χ1v) is 18.9. The number of rotatable bonds is 5. The number of hydrogen-bond donors (Lipinski definition) is 1. The molecule has 0 spiro atoms. The number of carbonyl (C=O) groups is 1. The molecule has 1 heterocycles. The minimum Gasteiger partial charge on any atom is -0.480 e. The molecule has 44 heavy (non-hydrogen) atoms. The van der Waals surface area contributed by atoms with Gasteiger partial charge >= 0.3 is 5.97 Å². The molecule has 5 heteroatoms. The Morgan fingerprint density at radius 3 is 2.30 bits per heavy atom. The van der Waals surface area contributed by atoms with Gasteiger partial charge in [-0.05, 0) is 159 Å². The number of fused-ring (bicyclic) bond motifs is 7. The molecule has 5 saturated carbocycles. The lowest BCUT2D eigenvalue weighted by atomic mass is 9.31. The van der Waals surface area contributed by atoms with Crippen LogP contribution in [-0.4, -0.2) is 39.8 Å². The lowest BCUT2D eigenvalue weighted by Crippen LogP contribution is -2.66. The van der Waals surface area contributed by atoms with E-state index in [1.165, 1.54) is 81.1 Å². The molecule has 6 aliphatic rings. The third kappa shape index (κ3) is 4.49. The van der Waals surface area contributed by atoms with Crippen LogP contribution in [0.1, 0.15) is 127 Å². The molecule has 0 bridgehead atoms. The first-order valence-electron chi connectivity index (χ1n) is 18.0. The van der Waals surface area contributed by atoms with Crippen LogP contribution >= 0.6 is 23.2 Å². The van der Waals surface area contributed by atoms with Gasteiger partial charge in [0.25, 0.3) is 0 Å². The second kappa shape index (κ2) is 10.7. The van der Waals surface area contributed by atoms with Crippen molar-refractivity contribution >= 4 is 29.2 Å². The standard InChI is InChI=1S/C39H61Cl2NO2/c1-24-15-21-42(22-31(43)44)25(2)32(24)26-13-17-36(6)29(34(26,3)4)14-18-38(8)30(36)11-10-27-33-28(39(9,41)23-40)12-16-35(33,5)19-20-37(27,38)7/h15,26-30,33H,10-14,16-23H2,1-9H3,(H,43,44)/t26?,27-,28-,29+,30-,33+,35-,36+,37-,38-,39?/m1/s1. The van der Waals surface area contributed by atoms with Crippen LogP contribution in [0.5, 0.6) is 0 Å². The zero-order valence-corrected chi connectivity index (χ0v) is 30.8. The van der Waals surface area contributed by atoms with Gasteiger partial charge in [-0.3, -0.25) is 4.79 Å². The summed E-state index contributed by atoms with van der Waals surface area (Å²) in [5.74, 6) is 3.63. The molecule has 5 fully saturated rings. The summed E-state index contributed by atoms with van der Waals surface area (Å²) in [4.78, 5) is 13.5. The molecule has 6 rings (SSSR count).